The van der Waals surface area contributed by atoms with Crippen LogP contribution in [-0.4, -0.2) is 30.6 Å². The number of halogens is 1. The number of carbonyl (C=O) groups is 1. The van der Waals surface area contributed by atoms with Gasteiger partial charge in [-0.2, -0.15) is 0 Å². The maximum atomic E-state index is 13.2. The van der Waals surface area contributed by atoms with E-state index >= 15 is 0 Å². The molecule has 0 aromatic heterocycles. The Morgan fingerprint density at radius 2 is 2.29 bits per heavy atom. The molecule has 0 bridgehead atoms. The smallest absolute Gasteiger partial charge is 0.310 e. The fourth-order valence-electron chi connectivity index (χ4n) is 2.83. The Labute approximate surface area is 125 Å². The van der Waals surface area contributed by atoms with E-state index < -0.39 is 0 Å². The lowest BCUT2D eigenvalue weighted by Gasteiger charge is -2.31. The predicted molar refractivity (Wildman–Crippen MR) is 78.9 cm³/mol. The highest BCUT2D eigenvalue weighted by atomic mass is 19.1. The Morgan fingerprint density at radius 1 is 1.48 bits per heavy atom. The minimum Gasteiger partial charge on any atom is -0.466 e. The molecule has 0 radical (unpaired) electrons. The van der Waals surface area contributed by atoms with Gasteiger partial charge in [-0.05, 0) is 49.6 Å². The molecule has 116 valence electrons. The molecule has 1 unspecified atom stereocenters. The number of piperidine rings is 1. The summed E-state index contributed by atoms with van der Waals surface area (Å²) in [5.41, 5.74) is 7.54. The van der Waals surface area contributed by atoms with Crippen LogP contribution in [0, 0.1) is 11.7 Å². The van der Waals surface area contributed by atoms with E-state index in [2.05, 4.69) is 4.90 Å². The molecule has 1 heterocycles. The highest BCUT2D eigenvalue weighted by molar-refractivity contribution is 5.72. The molecule has 0 aliphatic carbocycles. The summed E-state index contributed by atoms with van der Waals surface area (Å²) in [6, 6.07) is 4.73. The lowest BCUT2D eigenvalue weighted by Crippen LogP contribution is -2.39. The monoisotopic (exact) mass is 294 g/mol. The molecule has 1 atom stereocenters. The molecule has 4 nitrogen and oxygen atoms in total. The number of esters is 1. The highest BCUT2D eigenvalue weighted by Gasteiger charge is 2.27. The molecule has 21 heavy (non-hydrogen) atoms. The van der Waals surface area contributed by atoms with Crippen molar-refractivity contribution in [1.82, 2.24) is 4.90 Å². The number of ether oxygens (including phenoxy) is 1. The number of hydrogen-bond acceptors (Lipinski definition) is 4. The number of hydrogen-bond donors (Lipinski definition) is 1. The zero-order chi connectivity index (χ0) is 15.2. The molecule has 5 heteroatoms. The second-order valence-electron chi connectivity index (χ2n) is 5.44. The van der Waals surface area contributed by atoms with Crippen molar-refractivity contribution in [1.29, 1.82) is 0 Å². The predicted octanol–water partition coefficient (Wildman–Crippen LogP) is 2.06. The van der Waals surface area contributed by atoms with E-state index in [4.69, 9.17) is 10.5 Å². The summed E-state index contributed by atoms with van der Waals surface area (Å²) in [7, 11) is 0. The van der Waals surface area contributed by atoms with Gasteiger partial charge in [0.25, 0.3) is 0 Å². The fourth-order valence-corrected chi connectivity index (χ4v) is 2.83. The number of carbonyl (C=O) groups excluding carboxylic acids is 1. The fraction of sp³-hybridized carbons (Fsp3) is 0.562. The van der Waals surface area contributed by atoms with Gasteiger partial charge >= 0.3 is 5.97 Å². The molecule has 1 aromatic rings. The summed E-state index contributed by atoms with van der Waals surface area (Å²) in [5, 5.41) is 0. The van der Waals surface area contributed by atoms with Crippen molar-refractivity contribution in [2.24, 2.45) is 11.7 Å². The summed E-state index contributed by atoms with van der Waals surface area (Å²) in [4.78, 5) is 14.1. The van der Waals surface area contributed by atoms with Crippen molar-refractivity contribution in [2.45, 2.75) is 32.9 Å². The Balaban J connectivity index is 2.01. The first-order valence-corrected chi connectivity index (χ1v) is 7.50. The van der Waals surface area contributed by atoms with Gasteiger partial charge in [0, 0.05) is 19.6 Å². The van der Waals surface area contributed by atoms with Gasteiger partial charge < -0.3 is 10.5 Å². The van der Waals surface area contributed by atoms with E-state index in [0.29, 0.717) is 26.2 Å². The number of likely N-dealkylation sites (tertiary alicyclic amines) is 1. The summed E-state index contributed by atoms with van der Waals surface area (Å²) < 4.78 is 18.3. The van der Waals surface area contributed by atoms with Crippen LogP contribution in [-0.2, 0) is 22.6 Å². The van der Waals surface area contributed by atoms with Crippen LogP contribution in [0.4, 0.5) is 4.39 Å². The summed E-state index contributed by atoms with van der Waals surface area (Å²) in [6.45, 7) is 4.90. The van der Waals surface area contributed by atoms with E-state index in [1.807, 2.05) is 6.92 Å². The molecular formula is C16H23FN2O2. The van der Waals surface area contributed by atoms with Gasteiger partial charge in [-0.15, -0.1) is 0 Å². The van der Waals surface area contributed by atoms with E-state index in [1.54, 1.807) is 6.07 Å². The first kappa shape index (κ1) is 15.9. The van der Waals surface area contributed by atoms with Crippen LogP contribution in [0.2, 0.25) is 0 Å². The zero-order valence-corrected chi connectivity index (χ0v) is 12.5. The van der Waals surface area contributed by atoms with E-state index in [-0.39, 0.29) is 17.7 Å². The van der Waals surface area contributed by atoms with Crippen molar-refractivity contribution in [3.63, 3.8) is 0 Å². The number of rotatable bonds is 5. The second kappa shape index (κ2) is 7.52. The van der Waals surface area contributed by atoms with Crippen molar-refractivity contribution in [2.75, 3.05) is 19.7 Å². The topological polar surface area (TPSA) is 55.6 Å². The first-order chi connectivity index (χ1) is 10.1. The standard InChI is InChI=1S/C16H23FN2O2/c1-2-21-16(20)13-4-3-7-19(11-13)10-12-5-6-15(17)8-14(12)9-18/h5-6,8,13H,2-4,7,9-11,18H2,1H3. The van der Waals surface area contributed by atoms with Gasteiger partial charge in [0.15, 0.2) is 0 Å². The quantitative estimate of drug-likeness (QED) is 0.845. The minimum atomic E-state index is -0.262. The maximum Gasteiger partial charge on any atom is 0.310 e. The second-order valence-corrected chi connectivity index (χ2v) is 5.44. The lowest BCUT2D eigenvalue weighted by atomic mass is 9.97. The normalized spacial score (nSPS) is 19.5. The third-order valence-electron chi connectivity index (χ3n) is 3.91. The Bertz CT molecular complexity index is 493. The lowest BCUT2D eigenvalue weighted by molar-refractivity contribution is -0.150. The molecule has 1 aliphatic heterocycles. The third kappa shape index (κ3) is 4.25. The van der Waals surface area contributed by atoms with Crippen LogP contribution in [0.1, 0.15) is 30.9 Å². The molecule has 2 N–H and O–H groups in total. The Morgan fingerprint density at radius 3 is 3.00 bits per heavy atom. The van der Waals surface area contributed by atoms with Gasteiger partial charge in [-0.1, -0.05) is 6.07 Å². The van der Waals surface area contributed by atoms with Gasteiger partial charge in [-0.25, -0.2) is 4.39 Å². The van der Waals surface area contributed by atoms with Crippen LogP contribution in [0.25, 0.3) is 0 Å². The van der Waals surface area contributed by atoms with Crippen molar-refractivity contribution in [3.8, 4) is 0 Å². The minimum absolute atomic E-state index is 0.0551. The van der Waals surface area contributed by atoms with Crippen molar-refractivity contribution >= 4 is 5.97 Å². The molecule has 1 saturated heterocycles. The molecule has 2 rings (SSSR count). The third-order valence-corrected chi connectivity index (χ3v) is 3.91. The molecule has 1 aromatic carbocycles. The molecule has 0 saturated carbocycles. The number of benzene rings is 1. The van der Waals surface area contributed by atoms with Gasteiger partial charge in [-0.3, -0.25) is 9.69 Å². The van der Waals surface area contributed by atoms with E-state index in [0.717, 1.165) is 30.5 Å². The van der Waals surface area contributed by atoms with Gasteiger partial charge in [0.2, 0.25) is 0 Å². The first-order valence-electron chi connectivity index (χ1n) is 7.50. The molecule has 0 amide bonds. The zero-order valence-electron chi connectivity index (χ0n) is 12.5. The van der Waals surface area contributed by atoms with Gasteiger partial charge in [0.1, 0.15) is 5.82 Å². The molecule has 1 aliphatic rings. The molecular weight excluding hydrogens is 271 g/mol. The Hall–Kier alpha value is -1.46. The molecule has 1 fully saturated rings. The summed E-state index contributed by atoms with van der Waals surface area (Å²) in [5.74, 6) is -0.428. The van der Waals surface area contributed by atoms with Crippen LogP contribution >= 0.6 is 0 Å². The maximum absolute atomic E-state index is 13.2. The van der Waals surface area contributed by atoms with Crippen LogP contribution < -0.4 is 5.73 Å². The van der Waals surface area contributed by atoms with Crippen LogP contribution in [0.3, 0.4) is 0 Å². The number of nitrogens with zero attached hydrogens (tertiary/aromatic N) is 1. The van der Waals surface area contributed by atoms with E-state index in [9.17, 15) is 9.18 Å². The van der Waals surface area contributed by atoms with Crippen molar-refractivity contribution in [3.05, 3.63) is 35.1 Å². The number of nitrogens with two attached hydrogens (primary N) is 1. The SMILES string of the molecule is CCOC(=O)C1CCCN(Cc2ccc(F)cc2CN)C1. The van der Waals surface area contributed by atoms with Gasteiger partial charge in [0.05, 0.1) is 12.5 Å². The van der Waals surface area contributed by atoms with Crippen molar-refractivity contribution < 1.29 is 13.9 Å². The van der Waals surface area contributed by atoms with Crippen LogP contribution in [0.15, 0.2) is 18.2 Å². The Kier molecular flexibility index (Phi) is 5.70. The average Bonchev–Trinajstić information content (AvgIpc) is 2.49. The van der Waals surface area contributed by atoms with E-state index in [1.165, 1.54) is 12.1 Å². The average molecular weight is 294 g/mol. The summed E-state index contributed by atoms with van der Waals surface area (Å²) in [6.07, 6.45) is 1.85. The highest BCUT2D eigenvalue weighted by Crippen LogP contribution is 2.21. The largest absolute Gasteiger partial charge is 0.466 e. The molecule has 0 spiro atoms. The summed E-state index contributed by atoms with van der Waals surface area (Å²) >= 11 is 0. The van der Waals surface area contributed by atoms with Crippen LogP contribution in [0.5, 0.6) is 0 Å².